The zero-order valence-corrected chi connectivity index (χ0v) is 11.5. The molecule has 96 valence electrons. The van der Waals surface area contributed by atoms with Crippen LogP contribution in [0.3, 0.4) is 0 Å². The summed E-state index contributed by atoms with van der Waals surface area (Å²) in [5.41, 5.74) is 4.25. The molecule has 2 nitrogen and oxygen atoms in total. The Balaban J connectivity index is 2.48. The summed E-state index contributed by atoms with van der Waals surface area (Å²) < 4.78 is 0. The number of hydrogen-bond acceptors (Lipinski definition) is 2. The fourth-order valence-electron chi connectivity index (χ4n) is 3.14. The van der Waals surface area contributed by atoms with Gasteiger partial charge in [0.1, 0.15) is 17.5 Å². The Morgan fingerprint density at radius 3 is 1.83 bits per heavy atom. The molecule has 2 rings (SSSR count). The maximum absolute atomic E-state index is 12.2. The lowest BCUT2D eigenvalue weighted by Crippen LogP contribution is -2.31. The molecule has 2 heteroatoms. The van der Waals surface area contributed by atoms with Crippen LogP contribution in [-0.2, 0) is 9.59 Å². The number of ketones is 2. The second-order valence-corrected chi connectivity index (χ2v) is 5.69. The highest BCUT2D eigenvalue weighted by atomic mass is 16.2. The number of aryl methyl sites for hydroxylation is 3. The van der Waals surface area contributed by atoms with Crippen molar-refractivity contribution in [2.45, 2.75) is 46.5 Å². The van der Waals surface area contributed by atoms with Gasteiger partial charge in [0.05, 0.1) is 0 Å². The van der Waals surface area contributed by atoms with E-state index in [1.165, 1.54) is 5.56 Å². The molecule has 0 aliphatic heterocycles. The van der Waals surface area contributed by atoms with E-state index in [1.54, 1.807) is 0 Å². The zero-order valence-electron chi connectivity index (χ0n) is 11.5. The van der Waals surface area contributed by atoms with Gasteiger partial charge in [-0.25, -0.2) is 0 Å². The monoisotopic (exact) mass is 244 g/mol. The van der Waals surface area contributed by atoms with Gasteiger partial charge in [-0.3, -0.25) is 9.59 Å². The van der Waals surface area contributed by atoms with Gasteiger partial charge in [0.15, 0.2) is 0 Å². The number of hydrogen-bond donors (Lipinski definition) is 0. The molecule has 1 aliphatic carbocycles. The average molecular weight is 244 g/mol. The fourth-order valence-corrected chi connectivity index (χ4v) is 3.14. The van der Waals surface area contributed by atoms with Crippen LogP contribution < -0.4 is 0 Å². The molecule has 1 saturated carbocycles. The highest BCUT2D eigenvalue weighted by Gasteiger charge is 2.36. The molecule has 0 heterocycles. The zero-order chi connectivity index (χ0) is 13.4. The van der Waals surface area contributed by atoms with E-state index < -0.39 is 5.92 Å². The van der Waals surface area contributed by atoms with E-state index in [9.17, 15) is 9.59 Å². The van der Waals surface area contributed by atoms with Crippen molar-refractivity contribution in [2.75, 3.05) is 0 Å². The van der Waals surface area contributed by atoms with E-state index >= 15 is 0 Å². The Labute approximate surface area is 108 Å². The summed E-state index contributed by atoms with van der Waals surface area (Å²) in [7, 11) is 0. The van der Waals surface area contributed by atoms with Crippen LogP contribution >= 0.6 is 0 Å². The number of benzene rings is 1. The minimum absolute atomic E-state index is 0.0915. The van der Waals surface area contributed by atoms with Crippen molar-refractivity contribution >= 4 is 11.6 Å². The Bertz CT molecular complexity index is 473. The lowest BCUT2D eigenvalue weighted by Gasteiger charge is -2.26. The summed E-state index contributed by atoms with van der Waals surface area (Å²) in [6.07, 6.45) is 1.06. The molecular weight excluding hydrogens is 224 g/mol. The van der Waals surface area contributed by atoms with E-state index in [-0.39, 0.29) is 17.5 Å². The third-order valence-electron chi connectivity index (χ3n) is 3.77. The maximum Gasteiger partial charge on any atom is 0.148 e. The summed E-state index contributed by atoms with van der Waals surface area (Å²) in [5, 5.41) is 0. The third kappa shape index (κ3) is 2.24. The van der Waals surface area contributed by atoms with E-state index in [0.29, 0.717) is 12.8 Å². The van der Waals surface area contributed by atoms with Crippen LogP contribution in [0, 0.1) is 26.7 Å². The Kier molecular flexibility index (Phi) is 3.38. The van der Waals surface area contributed by atoms with Gasteiger partial charge in [-0.2, -0.15) is 0 Å². The number of rotatable bonds is 1. The predicted molar refractivity (Wildman–Crippen MR) is 71.8 cm³/mol. The Morgan fingerprint density at radius 2 is 1.39 bits per heavy atom. The first-order valence-corrected chi connectivity index (χ1v) is 6.53. The first-order chi connectivity index (χ1) is 8.40. The van der Waals surface area contributed by atoms with Crippen molar-refractivity contribution in [1.82, 2.24) is 0 Å². The van der Waals surface area contributed by atoms with Gasteiger partial charge in [-0.1, -0.05) is 24.6 Å². The summed E-state index contributed by atoms with van der Waals surface area (Å²) in [6.45, 7) is 8.00. The standard InChI is InChI=1S/C16H20O2/c1-9-5-11(3)15(12(4)6-9)16-13(17)7-10(2)8-14(16)18/h5-6,10,16H,7-8H2,1-4H3. The third-order valence-corrected chi connectivity index (χ3v) is 3.77. The van der Waals surface area contributed by atoms with Gasteiger partial charge >= 0.3 is 0 Å². The maximum atomic E-state index is 12.2. The minimum atomic E-state index is -0.512. The van der Waals surface area contributed by atoms with Crippen molar-refractivity contribution in [1.29, 1.82) is 0 Å². The molecule has 0 unspecified atom stereocenters. The van der Waals surface area contributed by atoms with Gasteiger partial charge in [-0.05, 0) is 43.4 Å². The fraction of sp³-hybridized carbons (Fsp3) is 0.500. The molecule has 1 fully saturated rings. The molecule has 0 spiro atoms. The second-order valence-electron chi connectivity index (χ2n) is 5.69. The van der Waals surface area contributed by atoms with Gasteiger partial charge in [0.2, 0.25) is 0 Å². The molecule has 1 aromatic rings. The molecule has 0 saturated heterocycles. The molecule has 0 amide bonds. The van der Waals surface area contributed by atoms with Gasteiger partial charge in [-0.15, -0.1) is 0 Å². The summed E-state index contributed by atoms with van der Waals surface area (Å²) in [4.78, 5) is 24.4. The lowest BCUT2D eigenvalue weighted by atomic mass is 9.75. The largest absolute Gasteiger partial charge is 0.299 e. The molecule has 0 atom stereocenters. The van der Waals surface area contributed by atoms with Crippen molar-refractivity contribution in [3.05, 3.63) is 34.4 Å². The van der Waals surface area contributed by atoms with Crippen LogP contribution in [0.15, 0.2) is 12.1 Å². The average Bonchev–Trinajstić information content (AvgIpc) is 2.20. The van der Waals surface area contributed by atoms with Crippen LogP contribution in [0.25, 0.3) is 0 Å². The molecule has 1 aromatic carbocycles. The van der Waals surface area contributed by atoms with Crippen LogP contribution in [0.2, 0.25) is 0 Å². The Morgan fingerprint density at radius 1 is 0.944 bits per heavy atom. The van der Waals surface area contributed by atoms with E-state index in [2.05, 4.69) is 12.1 Å². The van der Waals surface area contributed by atoms with Crippen LogP contribution in [0.4, 0.5) is 0 Å². The van der Waals surface area contributed by atoms with Crippen molar-refractivity contribution < 1.29 is 9.59 Å². The van der Waals surface area contributed by atoms with Gasteiger partial charge < -0.3 is 0 Å². The first kappa shape index (κ1) is 13.0. The second kappa shape index (κ2) is 4.68. The van der Waals surface area contributed by atoms with E-state index in [1.807, 2.05) is 27.7 Å². The highest BCUT2D eigenvalue weighted by Crippen LogP contribution is 2.34. The van der Waals surface area contributed by atoms with E-state index in [4.69, 9.17) is 0 Å². The minimum Gasteiger partial charge on any atom is -0.299 e. The van der Waals surface area contributed by atoms with Crippen molar-refractivity contribution in [2.24, 2.45) is 5.92 Å². The molecule has 0 N–H and O–H groups in total. The van der Waals surface area contributed by atoms with E-state index in [0.717, 1.165) is 16.7 Å². The quantitative estimate of drug-likeness (QED) is 0.710. The molecule has 0 aromatic heterocycles. The molecule has 0 bridgehead atoms. The normalized spacial score (nSPS) is 24.4. The van der Waals surface area contributed by atoms with Crippen LogP contribution in [0.1, 0.15) is 47.9 Å². The number of carbonyl (C=O) groups is 2. The van der Waals surface area contributed by atoms with Gasteiger partial charge in [0, 0.05) is 12.8 Å². The molecule has 1 aliphatic rings. The lowest BCUT2D eigenvalue weighted by molar-refractivity contribution is -0.133. The summed E-state index contributed by atoms with van der Waals surface area (Å²) in [6, 6.07) is 4.11. The first-order valence-electron chi connectivity index (χ1n) is 6.53. The summed E-state index contributed by atoms with van der Waals surface area (Å²) >= 11 is 0. The van der Waals surface area contributed by atoms with Crippen LogP contribution in [0.5, 0.6) is 0 Å². The summed E-state index contributed by atoms with van der Waals surface area (Å²) in [5.74, 6) is -0.128. The topological polar surface area (TPSA) is 34.1 Å². The SMILES string of the molecule is Cc1cc(C)c(C2C(=O)CC(C)CC2=O)c(C)c1. The van der Waals surface area contributed by atoms with Gasteiger partial charge in [0.25, 0.3) is 0 Å². The molecule has 18 heavy (non-hydrogen) atoms. The van der Waals surface area contributed by atoms with Crippen molar-refractivity contribution in [3.63, 3.8) is 0 Å². The highest BCUT2D eigenvalue weighted by molar-refractivity contribution is 6.10. The molecular formula is C16H20O2. The number of Topliss-reactive ketones (excluding diaryl/α,β-unsaturated/α-hetero) is 2. The predicted octanol–water partition coefficient (Wildman–Crippen LogP) is 3.26. The van der Waals surface area contributed by atoms with Crippen LogP contribution in [-0.4, -0.2) is 11.6 Å². The molecule has 0 radical (unpaired) electrons. The number of carbonyl (C=O) groups excluding carboxylic acids is 2. The van der Waals surface area contributed by atoms with Crippen molar-refractivity contribution in [3.8, 4) is 0 Å². The smallest absolute Gasteiger partial charge is 0.148 e. The Hall–Kier alpha value is -1.44.